The first-order valence-electron chi connectivity index (χ1n) is 17.2. The van der Waals surface area contributed by atoms with Crippen LogP contribution in [-0.2, 0) is 41.5 Å². The number of halogens is 2. The molecule has 3 aliphatic heterocycles. The van der Waals surface area contributed by atoms with E-state index in [9.17, 15) is 23.5 Å². The van der Waals surface area contributed by atoms with E-state index in [1.165, 1.54) is 10.9 Å². The monoisotopic (exact) mass is 852 g/mol. The number of hydrogen-bond donors (Lipinski definition) is 4. The van der Waals surface area contributed by atoms with Crippen molar-refractivity contribution in [2.75, 3.05) is 23.8 Å². The molecular formula is C31H32F2N10O11P2S. The third-order valence-corrected chi connectivity index (χ3v) is 11.6. The van der Waals surface area contributed by atoms with Crippen LogP contribution in [0.15, 0.2) is 54.1 Å². The SMILES string of the molecule is CC(C)C(=O)Nc1nc2c(ncn2[C@@H]2O[C@@H]3CO[PH](=O)O[C@H]4[C@@H](F)[C@H](n5cnc6c(NC(=O)c7ccccc7)ncnc65)O[C@@H]4CO[P@@](=O)(S)O[C@H]3[C@H]2F)c(=O)[nH]1. The predicted octanol–water partition coefficient (Wildman–Crippen LogP) is 3.52. The summed E-state index contributed by atoms with van der Waals surface area (Å²) in [6.07, 6.45) is -10.2. The lowest BCUT2D eigenvalue weighted by Crippen LogP contribution is -2.36. The van der Waals surface area contributed by atoms with Crippen molar-refractivity contribution in [3.63, 3.8) is 0 Å². The molecule has 2 amide bonds. The molecule has 302 valence electrons. The van der Waals surface area contributed by atoms with Crippen molar-refractivity contribution < 1.29 is 55.1 Å². The molecule has 0 saturated carbocycles. The number of carbonyl (C=O) groups excluding carboxylic acids is 2. The van der Waals surface area contributed by atoms with Gasteiger partial charge in [0.05, 0.1) is 25.9 Å². The Labute approximate surface area is 324 Å². The highest BCUT2D eigenvalue weighted by atomic mass is 32.7. The molecule has 3 fully saturated rings. The number of rotatable bonds is 6. The van der Waals surface area contributed by atoms with Gasteiger partial charge in [0, 0.05) is 11.5 Å². The molecule has 57 heavy (non-hydrogen) atoms. The van der Waals surface area contributed by atoms with Crippen LogP contribution in [-0.4, -0.2) is 101 Å². The molecule has 3 N–H and O–H groups in total. The molecular weight excluding hydrogens is 820 g/mol. The first-order chi connectivity index (χ1) is 27.3. The highest BCUT2D eigenvalue weighted by molar-refractivity contribution is 8.44. The highest BCUT2D eigenvalue weighted by Crippen LogP contribution is 2.57. The number of thiol groups is 1. The molecule has 5 aromatic rings. The van der Waals surface area contributed by atoms with Crippen LogP contribution in [0.1, 0.15) is 36.7 Å². The summed E-state index contributed by atoms with van der Waals surface area (Å²) in [5.41, 5.74) is -0.625. The fourth-order valence-electron chi connectivity index (χ4n) is 6.35. The number of H-pyrrole nitrogens is 1. The topological polar surface area (TPSA) is 255 Å². The Morgan fingerprint density at radius 1 is 0.947 bits per heavy atom. The molecule has 0 bridgehead atoms. The quantitative estimate of drug-likeness (QED) is 0.141. The van der Waals surface area contributed by atoms with Crippen LogP contribution >= 0.6 is 27.3 Å². The molecule has 1 unspecified atom stereocenters. The maximum Gasteiger partial charge on any atom is 0.386 e. The Morgan fingerprint density at radius 2 is 1.61 bits per heavy atom. The molecule has 4 aromatic heterocycles. The number of alkyl halides is 2. The summed E-state index contributed by atoms with van der Waals surface area (Å²) in [4.78, 5) is 60.9. The minimum absolute atomic E-state index is 0.0332. The fourth-order valence-corrected chi connectivity index (χ4v) is 8.70. The third-order valence-electron chi connectivity index (χ3n) is 9.16. The van der Waals surface area contributed by atoms with Gasteiger partial charge in [-0.3, -0.25) is 47.4 Å². The zero-order valence-electron chi connectivity index (χ0n) is 29.5. The number of aromatic nitrogens is 8. The van der Waals surface area contributed by atoms with Gasteiger partial charge in [-0.1, -0.05) is 44.3 Å². The van der Waals surface area contributed by atoms with E-state index in [4.69, 9.17) is 27.6 Å². The van der Waals surface area contributed by atoms with Gasteiger partial charge < -0.3 is 23.8 Å². The van der Waals surface area contributed by atoms with Gasteiger partial charge in [0.15, 0.2) is 52.9 Å². The van der Waals surface area contributed by atoms with E-state index >= 15 is 8.78 Å². The van der Waals surface area contributed by atoms with E-state index in [-0.39, 0.29) is 34.1 Å². The normalized spacial score (nSPS) is 30.7. The lowest BCUT2D eigenvalue weighted by Gasteiger charge is -2.26. The van der Waals surface area contributed by atoms with Crippen molar-refractivity contribution in [1.82, 2.24) is 39.0 Å². The largest absolute Gasteiger partial charge is 0.386 e. The molecule has 0 aliphatic carbocycles. The fraction of sp³-hybridized carbons (Fsp3) is 0.419. The van der Waals surface area contributed by atoms with Gasteiger partial charge in [-0.25, -0.2) is 33.3 Å². The van der Waals surface area contributed by atoms with Crippen LogP contribution in [0.4, 0.5) is 20.5 Å². The molecule has 1 aromatic carbocycles. The zero-order chi connectivity index (χ0) is 40.2. The molecule has 8 rings (SSSR count). The summed E-state index contributed by atoms with van der Waals surface area (Å²) in [6, 6.07) is 8.33. The number of aromatic amines is 1. The van der Waals surface area contributed by atoms with Crippen molar-refractivity contribution in [3.8, 4) is 0 Å². The summed E-state index contributed by atoms with van der Waals surface area (Å²) in [5.74, 6) is -1.59. The molecule has 26 heteroatoms. The Morgan fingerprint density at radius 3 is 2.33 bits per heavy atom. The molecule has 10 atom stereocenters. The van der Waals surface area contributed by atoms with Crippen LogP contribution in [0.5, 0.6) is 0 Å². The Kier molecular flexibility index (Phi) is 10.8. The maximum absolute atomic E-state index is 16.3. The first-order valence-corrected chi connectivity index (χ1v) is 21.1. The van der Waals surface area contributed by atoms with Crippen molar-refractivity contribution >= 4 is 73.2 Å². The van der Waals surface area contributed by atoms with Crippen LogP contribution < -0.4 is 16.2 Å². The Balaban J connectivity index is 1.01. The Hall–Kier alpha value is -4.51. The molecule has 0 spiro atoms. The van der Waals surface area contributed by atoms with E-state index in [0.29, 0.717) is 5.56 Å². The van der Waals surface area contributed by atoms with Gasteiger partial charge in [0.25, 0.3) is 11.5 Å². The molecule has 21 nitrogen and oxygen atoms in total. The number of ether oxygens (including phenoxy) is 2. The van der Waals surface area contributed by atoms with Crippen molar-refractivity contribution in [3.05, 3.63) is 65.2 Å². The molecule has 7 heterocycles. The average molecular weight is 853 g/mol. The average Bonchev–Trinajstić information content (AvgIpc) is 3.94. The molecule has 3 saturated heterocycles. The van der Waals surface area contributed by atoms with E-state index in [1.54, 1.807) is 44.2 Å². The van der Waals surface area contributed by atoms with Crippen LogP contribution in [0, 0.1) is 5.92 Å². The van der Waals surface area contributed by atoms with Gasteiger partial charge in [0.1, 0.15) is 30.7 Å². The van der Waals surface area contributed by atoms with Crippen molar-refractivity contribution in [2.24, 2.45) is 5.92 Å². The first kappa shape index (κ1) is 39.3. The molecule has 0 radical (unpaired) electrons. The Bertz CT molecular complexity index is 2480. The minimum atomic E-state index is -4.52. The van der Waals surface area contributed by atoms with Gasteiger partial charge >= 0.3 is 15.1 Å². The summed E-state index contributed by atoms with van der Waals surface area (Å²) >= 11 is 4.02. The van der Waals surface area contributed by atoms with Crippen LogP contribution in [0.25, 0.3) is 22.3 Å². The summed E-state index contributed by atoms with van der Waals surface area (Å²) in [5, 5.41) is 5.11. The second-order valence-electron chi connectivity index (χ2n) is 13.2. The summed E-state index contributed by atoms with van der Waals surface area (Å²) in [6.45, 7) is -2.65. The van der Waals surface area contributed by atoms with Crippen LogP contribution in [0.3, 0.4) is 0 Å². The smallest absolute Gasteiger partial charge is 0.346 e. The summed E-state index contributed by atoms with van der Waals surface area (Å²) < 4.78 is 95.4. The number of amides is 2. The number of anilines is 2. The van der Waals surface area contributed by atoms with E-state index in [2.05, 4.69) is 52.8 Å². The number of imidazole rings is 2. The predicted molar refractivity (Wildman–Crippen MR) is 196 cm³/mol. The van der Waals surface area contributed by atoms with Crippen LogP contribution in [0.2, 0.25) is 0 Å². The second kappa shape index (κ2) is 15.7. The van der Waals surface area contributed by atoms with Crippen molar-refractivity contribution in [1.29, 1.82) is 0 Å². The highest BCUT2D eigenvalue weighted by Gasteiger charge is 2.53. The van der Waals surface area contributed by atoms with E-state index in [0.717, 1.165) is 17.2 Å². The minimum Gasteiger partial charge on any atom is -0.346 e. The standard InChI is InChI=1S/C31H32F2N10O11P2S/c1-13(2)26(44)40-31-39-25-20(28(46)41-31)37-12-43(25)30-18(33)22-15(51-30)8-49-55(47)53-21-16(9-50-56(48,57)54-22)52-29(17(21)32)42-11-36-19-23(34-10-35-24(19)42)38-27(45)14-6-4-3-5-7-14/h3-7,10-13,15-18,21-22,29-30,55H,8-9H2,1-2H3,(H,48,57)(H,34,35,38,45)(H2,39,40,41,44,46)/t15-,16-,17-,18-,21-,22-,29-,30-,56-/m1/s1. The summed E-state index contributed by atoms with van der Waals surface area (Å²) in [7, 11) is -3.59. The van der Waals surface area contributed by atoms with Gasteiger partial charge in [-0.15, -0.1) is 0 Å². The second-order valence-corrected chi connectivity index (χ2v) is 17.1. The zero-order valence-corrected chi connectivity index (χ0v) is 32.3. The number of nitrogens with one attached hydrogen (secondary N) is 3. The maximum atomic E-state index is 16.3. The number of carbonyl (C=O) groups is 2. The number of benzene rings is 1. The van der Waals surface area contributed by atoms with Gasteiger partial charge in [0.2, 0.25) is 11.9 Å². The third kappa shape index (κ3) is 7.76. The number of fused-ring (bicyclic) bond motifs is 4. The number of nitrogens with zero attached hydrogens (tertiary/aromatic N) is 7. The van der Waals surface area contributed by atoms with E-state index < -0.39 is 101 Å². The van der Waals surface area contributed by atoms with Gasteiger partial charge in [-0.2, -0.15) is 4.98 Å². The van der Waals surface area contributed by atoms with E-state index in [1.807, 2.05) is 0 Å². The lowest BCUT2D eigenvalue weighted by molar-refractivity contribution is -0.118. The lowest BCUT2D eigenvalue weighted by atomic mass is 10.1. The number of hydrogen-bond acceptors (Lipinski definition) is 16. The molecule has 3 aliphatic rings. The van der Waals surface area contributed by atoms with Crippen molar-refractivity contribution in [2.45, 2.75) is 63.1 Å². The van der Waals surface area contributed by atoms with Gasteiger partial charge in [-0.05, 0) is 12.1 Å².